The molecule has 1 heterocycles. The minimum Gasteiger partial charge on any atom is -0.347 e. The first kappa shape index (κ1) is 19.8. The molecule has 0 radical (unpaired) electrons. The summed E-state index contributed by atoms with van der Waals surface area (Å²) in [6, 6.07) is 11.7. The molecule has 29 heavy (non-hydrogen) atoms. The van der Waals surface area contributed by atoms with Gasteiger partial charge in [-0.25, -0.2) is 9.37 Å². The summed E-state index contributed by atoms with van der Waals surface area (Å²) in [5.41, 5.74) is 0.930. The van der Waals surface area contributed by atoms with Gasteiger partial charge in [0, 0.05) is 17.4 Å². The number of amides is 1. The molecule has 2 aromatic carbocycles. The van der Waals surface area contributed by atoms with Crippen molar-refractivity contribution in [2.45, 2.75) is 44.2 Å². The molecule has 7 heteroatoms. The molecule has 3 aromatic rings. The topological polar surface area (TPSA) is 64.0 Å². The van der Waals surface area contributed by atoms with Crippen LogP contribution in [0.15, 0.2) is 58.1 Å². The van der Waals surface area contributed by atoms with Gasteiger partial charge in [-0.05, 0) is 48.7 Å². The maximum atomic E-state index is 13.3. The van der Waals surface area contributed by atoms with E-state index in [9.17, 15) is 14.0 Å². The molecular weight excluding hydrogens is 437 g/mol. The summed E-state index contributed by atoms with van der Waals surface area (Å²) in [6.45, 7) is 0.250. The van der Waals surface area contributed by atoms with E-state index in [2.05, 4.69) is 26.2 Å². The van der Waals surface area contributed by atoms with Crippen LogP contribution in [0.4, 0.5) is 4.39 Å². The van der Waals surface area contributed by atoms with Crippen molar-refractivity contribution < 1.29 is 9.18 Å². The molecule has 0 unspecified atom stereocenters. The highest BCUT2D eigenvalue weighted by molar-refractivity contribution is 9.10. The molecule has 1 aliphatic carbocycles. The van der Waals surface area contributed by atoms with E-state index in [1.165, 1.54) is 23.0 Å². The van der Waals surface area contributed by atoms with Crippen LogP contribution >= 0.6 is 15.9 Å². The van der Waals surface area contributed by atoms with Crippen molar-refractivity contribution in [2.75, 3.05) is 0 Å². The van der Waals surface area contributed by atoms with Crippen LogP contribution in [-0.2, 0) is 16.9 Å². The molecule has 1 aliphatic rings. The zero-order valence-electron chi connectivity index (χ0n) is 15.8. The summed E-state index contributed by atoms with van der Waals surface area (Å²) in [7, 11) is 0. The normalized spacial score (nSPS) is 15.5. The number of rotatable bonds is 5. The number of hydrogen-bond acceptors (Lipinski definition) is 3. The quantitative estimate of drug-likeness (QED) is 0.621. The van der Waals surface area contributed by atoms with Gasteiger partial charge in [-0.1, -0.05) is 40.9 Å². The van der Waals surface area contributed by atoms with Gasteiger partial charge in [0.2, 0.25) is 5.91 Å². The second-order valence-corrected chi connectivity index (χ2v) is 8.41. The van der Waals surface area contributed by atoms with Crippen LogP contribution in [0.1, 0.15) is 37.7 Å². The van der Waals surface area contributed by atoms with E-state index < -0.39 is 5.54 Å². The molecule has 1 fully saturated rings. The van der Waals surface area contributed by atoms with Gasteiger partial charge in [0.05, 0.1) is 22.8 Å². The molecule has 150 valence electrons. The Bertz CT molecular complexity index is 1110. The van der Waals surface area contributed by atoms with E-state index in [0.29, 0.717) is 10.9 Å². The summed E-state index contributed by atoms with van der Waals surface area (Å²) in [5, 5.41) is 3.67. The molecule has 1 aromatic heterocycles. The average molecular weight is 458 g/mol. The van der Waals surface area contributed by atoms with Crippen LogP contribution in [-0.4, -0.2) is 15.5 Å². The van der Waals surface area contributed by atoms with E-state index >= 15 is 0 Å². The SMILES string of the molecule is O=C(CCn1cnc2ccc(Br)cc2c1=O)NC1(c2ccc(F)cc2)CCCC1. The van der Waals surface area contributed by atoms with E-state index in [4.69, 9.17) is 0 Å². The zero-order chi connectivity index (χ0) is 20.4. The van der Waals surface area contributed by atoms with E-state index in [-0.39, 0.29) is 30.2 Å². The zero-order valence-corrected chi connectivity index (χ0v) is 17.4. The van der Waals surface area contributed by atoms with E-state index in [0.717, 1.165) is 35.7 Å². The largest absolute Gasteiger partial charge is 0.347 e. The Kier molecular flexibility index (Phi) is 5.50. The molecule has 0 bridgehead atoms. The van der Waals surface area contributed by atoms with Crippen LogP contribution in [0.5, 0.6) is 0 Å². The predicted octanol–water partition coefficient (Wildman–Crippen LogP) is 4.27. The second-order valence-electron chi connectivity index (χ2n) is 7.50. The van der Waals surface area contributed by atoms with Gasteiger partial charge < -0.3 is 5.32 Å². The molecule has 0 atom stereocenters. The van der Waals surface area contributed by atoms with Gasteiger partial charge in [0.15, 0.2) is 0 Å². The Morgan fingerprint density at radius 1 is 1.17 bits per heavy atom. The number of nitrogens with one attached hydrogen (secondary N) is 1. The number of nitrogens with zero attached hydrogens (tertiary/aromatic N) is 2. The van der Waals surface area contributed by atoms with Gasteiger partial charge in [-0.3, -0.25) is 14.2 Å². The third-order valence-electron chi connectivity index (χ3n) is 5.60. The van der Waals surface area contributed by atoms with Crippen LogP contribution < -0.4 is 10.9 Å². The highest BCUT2D eigenvalue weighted by Crippen LogP contribution is 2.38. The number of hydrogen-bond donors (Lipinski definition) is 1. The van der Waals surface area contributed by atoms with Crippen LogP contribution in [0.25, 0.3) is 10.9 Å². The standard InChI is InChI=1S/C22H21BrFN3O2/c23-16-5-8-19-18(13-16)21(29)27(14-25-19)12-9-20(28)26-22(10-1-2-11-22)15-3-6-17(24)7-4-15/h3-8,13-14H,1-2,9-12H2,(H,26,28). The number of carbonyl (C=O) groups excluding carboxylic acids is 1. The van der Waals surface area contributed by atoms with Gasteiger partial charge in [0.25, 0.3) is 5.56 Å². The fourth-order valence-electron chi connectivity index (χ4n) is 4.08. The Hall–Kier alpha value is -2.54. The minimum atomic E-state index is -0.456. The Balaban J connectivity index is 1.49. The average Bonchev–Trinajstić information content (AvgIpc) is 3.18. The van der Waals surface area contributed by atoms with Crippen LogP contribution in [0, 0.1) is 5.82 Å². The molecule has 1 N–H and O–H groups in total. The fraction of sp³-hybridized carbons (Fsp3) is 0.318. The molecule has 4 rings (SSSR count). The molecule has 1 saturated carbocycles. The van der Waals surface area contributed by atoms with Gasteiger partial charge in [0.1, 0.15) is 5.82 Å². The van der Waals surface area contributed by atoms with E-state index in [1.54, 1.807) is 24.3 Å². The lowest BCUT2D eigenvalue weighted by molar-refractivity contribution is -0.123. The first-order chi connectivity index (χ1) is 14.0. The first-order valence-electron chi connectivity index (χ1n) is 9.69. The molecule has 0 saturated heterocycles. The van der Waals surface area contributed by atoms with Crippen molar-refractivity contribution in [1.82, 2.24) is 14.9 Å². The Morgan fingerprint density at radius 3 is 2.62 bits per heavy atom. The predicted molar refractivity (Wildman–Crippen MR) is 113 cm³/mol. The lowest BCUT2D eigenvalue weighted by Gasteiger charge is -2.31. The summed E-state index contributed by atoms with van der Waals surface area (Å²) >= 11 is 3.37. The summed E-state index contributed by atoms with van der Waals surface area (Å²) in [4.78, 5) is 29.7. The second kappa shape index (κ2) is 8.06. The smallest absolute Gasteiger partial charge is 0.261 e. The number of aryl methyl sites for hydroxylation is 1. The van der Waals surface area contributed by atoms with Crippen LogP contribution in [0.2, 0.25) is 0 Å². The molecule has 5 nitrogen and oxygen atoms in total. The summed E-state index contributed by atoms with van der Waals surface area (Å²) in [6.07, 6.45) is 5.34. The lowest BCUT2D eigenvalue weighted by atomic mass is 9.88. The summed E-state index contributed by atoms with van der Waals surface area (Å²) in [5.74, 6) is -0.416. The maximum Gasteiger partial charge on any atom is 0.261 e. The number of benzene rings is 2. The number of aromatic nitrogens is 2. The number of carbonyl (C=O) groups is 1. The lowest BCUT2D eigenvalue weighted by Crippen LogP contribution is -2.44. The highest BCUT2D eigenvalue weighted by atomic mass is 79.9. The number of halogens is 2. The van der Waals surface area contributed by atoms with Crippen molar-refractivity contribution in [3.63, 3.8) is 0 Å². The third kappa shape index (κ3) is 4.10. The maximum absolute atomic E-state index is 13.3. The van der Waals surface area contributed by atoms with Crippen molar-refractivity contribution in [3.05, 3.63) is 75.0 Å². The Labute approximate surface area is 176 Å². The van der Waals surface area contributed by atoms with Crippen LogP contribution in [0.3, 0.4) is 0 Å². The summed E-state index contributed by atoms with van der Waals surface area (Å²) < 4.78 is 15.6. The van der Waals surface area contributed by atoms with Crippen molar-refractivity contribution in [1.29, 1.82) is 0 Å². The molecular formula is C22H21BrFN3O2. The third-order valence-corrected chi connectivity index (χ3v) is 6.09. The van der Waals surface area contributed by atoms with Crippen molar-refractivity contribution in [3.8, 4) is 0 Å². The Morgan fingerprint density at radius 2 is 1.90 bits per heavy atom. The van der Waals surface area contributed by atoms with Gasteiger partial charge >= 0.3 is 0 Å². The minimum absolute atomic E-state index is 0.127. The number of fused-ring (bicyclic) bond motifs is 1. The fourth-order valence-corrected chi connectivity index (χ4v) is 4.44. The van der Waals surface area contributed by atoms with Crippen molar-refractivity contribution in [2.24, 2.45) is 0 Å². The molecule has 0 spiro atoms. The van der Waals surface area contributed by atoms with E-state index in [1.807, 2.05) is 6.07 Å². The van der Waals surface area contributed by atoms with Gasteiger partial charge in [-0.2, -0.15) is 0 Å². The molecule has 0 aliphatic heterocycles. The highest BCUT2D eigenvalue weighted by Gasteiger charge is 2.36. The monoisotopic (exact) mass is 457 g/mol. The van der Waals surface area contributed by atoms with Crippen molar-refractivity contribution >= 4 is 32.7 Å². The first-order valence-corrected chi connectivity index (χ1v) is 10.5. The van der Waals surface area contributed by atoms with Gasteiger partial charge in [-0.15, -0.1) is 0 Å². The molecule has 1 amide bonds.